The maximum atomic E-state index is 5.66. The van der Waals surface area contributed by atoms with Crippen molar-refractivity contribution in [2.75, 3.05) is 33.3 Å². The Labute approximate surface area is 116 Å². The van der Waals surface area contributed by atoms with E-state index in [1.165, 1.54) is 0 Å². The van der Waals surface area contributed by atoms with E-state index in [2.05, 4.69) is 27.4 Å². The first-order valence-electron chi connectivity index (χ1n) is 6.68. The highest BCUT2D eigenvalue weighted by molar-refractivity contribution is 5.44. The standard InChI is InChI=1S/C13H18N4O3/c1-17-4-6-18-10(9-17)7-14-8-12-15-13(16-20-12)11-3-2-5-19-11/h2-3,5,10,14H,4,6-9H2,1H3/t10-/m1/s1. The van der Waals surface area contributed by atoms with Crippen molar-refractivity contribution in [1.29, 1.82) is 0 Å². The van der Waals surface area contributed by atoms with Crippen LogP contribution in [0.3, 0.4) is 0 Å². The zero-order chi connectivity index (χ0) is 13.8. The van der Waals surface area contributed by atoms with Crippen molar-refractivity contribution in [3.63, 3.8) is 0 Å². The van der Waals surface area contributed by atoms with Crippen LogP contribution in [0.25, 0.3) is 11.6 Å². The van der Waals surface area contributed by atoms with Crippen molar-refractivity contribution >= 4 is 0 Å². The molecule has 0 unspecified atom stereocenters. The molecule has 1 atom stereocenters. The molecule has 2 aromatic rings. The van der Waals surface area contributed by atoms with E-state index in [1.54, 1.807) is 18.4 Å². The Bertz CT molecular complexity index is 525. The molecular formula is C13H18N4O3. The van der Waals surface area contributed by atoms with Crippen LogP contribution in [-0.2, 0) is 11.3 Å². The fourth-order valence-electron chi connectivity index (χ4n) is 2.16. The first kappa shape index (κ1) is 13.3. The van der Waals surface area contributed by atoms with Gasteiger partial charge in [-0.05, 0) is 19.2 Å². The third kappa shape index (κ3) is 3.24. The first-order valence-corrected chi connectivity index (χ1v) is 6.68. The number of ether oxygens (including phenoxy) is 1. The summed E-state index contributed by atoms with van der Waals surface area (Å²) in [6.07, 6.45) is 1.79. The Morgan fingerprint density at radius 1 is 1.50 bits per heavy atom. The molecule has 7 heteroatoms. The Morgan fingerprint density at radius 2 is 2.45 bits per heavy atom. The van der Waals surface area contributed by atoms with Gasteiger partial charge in [0.1, 0.15) is 0 Å². The van der Waals surface area contributed by atoms with Crippen LogP contribution in [0.4, 0.5) is 0 Å². The minimum Gasteiger partial charge on any atom is -0.461 e. The molecule has 1 aliphatic rings. The molecule has 0 aliphatic carbocycles. The minimum atomic E-state index is 0.209. The number of likely N-dealkylation sites (N-methyl/N-ethyl adjacent to an activating group) is 1. The molecule has 3 rings (SSSR count). The second-order valence-corrected chi connectivity index (χ2v) is 4.87. The van der Waals surface area contributed by atoms with E-state index in [9.17, 15) is 0 Å². The van der Waals surface area contributed by atoms with Crippen LogP contribution >= 0.6 is 0 Å². The van der Waals surface area contributed by atoms with Gasteiger partial charge < -0.3 is 23.9 Å². The SMILES string of the molecule is CN1CCO[C@H](CNCc2nc(-c3ccco3)no2)C1. The van der Waals surface area contributed by atoms with E-state index in [-0.39, 0.29) is 6.10 Å². The van der Waals surface area contributed by atoms with Crippen molar-refractivity contribution in [3.05, 3.63) is 24.3 Å². The quantitative estimate of drug-likeness (QED) is 0.864. The summed E-state index contributed by atoms with van der Waals surface area (Å²) in [6.45, 7) is 4.01. The monoisotopic (exact) mass is 278 g/mol. The third-order valence-electron chi connectivity index (χ3n) is 3.20. The van der Waals surface area contributed by atoms with Crippen LogP contribution in [-0.4, -0.2) is 54.4 Å². The molecule has 2 aromatic heterocycles. The van der Waals surface area contributed by atoms with E-state index in [1.807, 2.05) is 0 Å². The largest absolute Gasteiger partial charge is 0.461 e. The molecule has 0 spiro atoms. The molecule has 3 heterocycles. The molecule has 1 saturated heterocycles. The lowest BCUT2D eigenvalue weighted by Crippen LogP contribution is -2.44. The molecule has 0 radical (unpaired) electrons. The molecule has 0 amide bonds. The van der Waals surface area contributed by atoms with Gasteiger partial charge in [0.05, 0.1) is 25.5 Å². The van der Waals surface area contributed by atoms with Crippen LogP contribution in [0.5, 0.6) is 0 Å². The molecule has 1 fully saturated rings. The van der Waals surface area contributed by atoms with Crippen LogP contribution < -0.4 is 5.32 Å². The highest BCUT2D eigenvalue weighted by atomic mass is 16.5. The summed E-state index contributed by atoms with van der Waals surface area (Å²) in [7, 11) is 2.10. The summed E-state index contributed by atoms with van der Waals surface area (Å²) in [4.78, 5) is 6.53. The Morgan fingerprint density at radius 3 is 3.25 bits per heavy atom. The summed E-state index contributed by atoms with van der Waals surface area (Å²) in [5.74, 6) is 1.62. The summed E-state index contributed by atoms with van der Waals surface area (Å²) < 4.78 is 16.0. The van der Waals surface area contributed by atoms with Gasteiger partial charge in [0.25, 0.3) is 0 Å². The van der Waals surface area contributed by atoms with Crippen molar-refractivity contribution in [2.24, 2.45) is 0 Å². The van der Waals surface area contributed by atoms with E-state index < -0.39 is 0 Å². The van der Waals surface area contributed by atoms with Gasteiger partial charge in [-0.2, -0.15) is 4.98 Å². The summed E-state index contributed by atoms with van der Waals surface area (Å²) >= 11 is 0. The number of aromatic nitrogens is 2. The molecule has 20 heavy (non-hydrogen) atoms. The smallest absolute Gasteiger partial charge is 0.241 e. The van der Waals surface area contributed by atoms with Gasteiger partial charge in [-0.1, -0.05) is 5.16 Å². The summed E-state index contributed by atoms with van der Waals surface area (Å²) in [5.41, 5.74) is 0. The highest BCUT2D eigenvalue weighted by Crippen LogP contribution is 2.15. The van der Waals surface area contributed by atoms with Gasteiger partial charge in [0.15, 0.2) is 5.76 Å². The van der Waals surface area contributed by atoms with Crippen molar-refractivity contribution in [3.8, 4) is 11.6 Å². The van der Waals surface area contributed by atoms with Crippen LogP contribution in [0.15, 0.2) is 27.3 Å². The number of rotatable bonds is 5. The van der Waals surface area contributed by atoms with Crippen molar-refractivity contribution < 1.29 is 13.7 Å². The Balaban J connectivity index is 1.47. The van der Waals surface area contributed by atoms with Gasteiger partial charge in [0.2, 0.25) is 11.7 Å². The Hall–Kier alpha value is -1.70. The molecule has 108 valence electrons. The topological polar surface area (TPSA) is 76.6 Å². The predicted molar refractivity (Wildman–Crippen MR) is 70.9 cm³/mol. The van der Waals surface area contributed by atoms with Crippen molar-refractivity contribution in [1.82, 2.24) is 20.4 Å². The molecule has 0 saturated carbocycles. The fraction of sp³-hybridized carbons (Fsp3) is 0.538. The van der Waals surface area contributed by atoms with Crippen LogP contribution in [0.2, 0.25) is 0 Å². The maximum Gasteiger partial charge on any atom is 0.241 e. The van der Waals surface area contributed by atoms with Crippen LogP contribution in [0, 0.1) is 0 Å². The lowest BCUT2D eigenvalue weighted by atomic mass is 10.3. The molecule has 1 N–H and O–H groups in total. The Kier molecular flexibility index (Phi) is 4.10. The number of nitrogens with one attached hydrogen (secondary N) is 1. The number of morpholine rings is 1. The zero-order valence-electron chi connectivity index (χ0n) is 11.4. The number of hydrogen-bond acceptors (Lipinski definition) is 7. The van der Waals surface area contributed by atoms with E-state index >= 15 is 0 Å². The van der Waals surface area contributed by atoms with E-state index in [0.717, 1.165) is 26.2 Å². The van der Waals surface area contributed by atoms with Crippen molar-refractivity contribution in [2.45, 2.75) is 12.6 Å². The summed E-state index contributed by atoms with van der Waals surface area (Å²) in [6, 6.07) is 3.59. The highest BCUT2D eigenvalue weighted by Gasteiger charge is 2.17. The average molecular weight is 278 g/mol. The number of furan rings is 1. The lowest BCUT2D eigenvalue weighted by Gasteiger charge is -2.30. The van der Waals surface area contributed by atoms with Crippen LogP contribution in [0.1, 0.15) is 5.89 Å². The third-order valence-corrected chi connectivity index (χ3v) is 3.20. The normalized spacial score (nSPS) is 20.4. The number of hydrogen-bond donors (Lipinski definition) is 1. The molecule has 0 aromatic carbocycles. The zero-order valence-corrected chi connectivity index (χ0v) is 11.4. The summed E-state index contributed by atoms with van der Waals surface area (Å²) in [5, 5.41) is 7.15. The van der Waals surface area contributed by atoms with Gasteiger partial charge >= 0.3 is 0 Å². The van der Waals surface area contributed by atoms with Gasteiger partial charge in [-0.3, -0.25) is 0 Å². The predicted octanol–water partition coefficient (Wildman–Crippen LogP) is 0.750. The van der Waals surface area contributed by atoms with E-state index in [0.29, 0.717) is 24.0 Å². The molecule has 7 nitrogen and oxygen atoms in total. The number of nitrogens with zero attached hydrogens (tertiary/aromatic N) is 3. The van der Waals surface area contributed by atoms with Gasteiger partial charge in [-0.15, -0.1) is 0 Å². The first-order chi connectivity index (χ1) is 9.81. The lowest BCUT2D eigenvalue weighted by molar-refractivity contribution is -0.0184. The maximum absolute atomic E-state index is 5.66. The van der Waals surface area contributed by atoms with Gasteiger partial charge in [0, 0.05) is 19.6 Å². The molecule has 1 aliphatic heterocycles. The second-order valence-electron chi connectivity index (χ2n) is 4.87. The molecular weight excluding hydrogens is 260 g/mol. The second kappa shape index (κ2) is 6.17. The fourth-order valence-corrected chi connectivity index (χ4v) is 2.16. The van der Waals surface area contributed by atoms with E-state index in [4.69, 9.17) is 13.7 Å². The van der Waals surface area contributed by atoms with Gasteiger partial charge in [-0.25, -0.2) is 0 Å². The average Bonchev–Trinajstić information content (AvgIpc) is 3.09. The molecule has 0 bridgehead atoms. The minimum absolute atomic E-state index is 0.209.